The monoisotopic (exact) mass is 178 g/mol. The zero-order chi connectivity index (χ0) is 9.26. The van der Waals surface area contributed by atoms with E-state index in [9.17, 15) is 4.79 Å². The first kappa shape index (κ1) is 8.48. The summed E-state index contributed by atoms with van der Waals surface area (Å²) >= 11 is 0. The number of Topliss-reactive ketones (excluding diaryl/α,β-unsaturated/α-hetero) is 1. The van der Waals surface area contributed by atoms with E-state index >= 15 is 0 Å². The molecule has 1 aliphatic rings. The Balaban J connectivity index is 2.44. The van der Waals surface area contributed by atoms with Gasteiger partial charge in [0.2, 0.25) is 0 Å². The predicted molar refractivity (Wildman–Crippen MR) is 49.8 cm³/mol. The topological polar surface area (TPSA) is 34.9 Å². The van der Waals surface area contributed by atoms with E-state index in [1.165, 1.54) is 0 Å². The van der Waals surface area contributed by atoms with Crippen molar-refractivity contribution in [2.24, 2.45) is 0 Å². The van der Waals surface area contributed by atoms with E-state index in [0.29, 0.717) is 6.42 Å². The molecule has 0 spiro atoms. The lowest BCUT2D eigenvalue weighted by atomic mass is 10.1. The molecule has 0 N–H and O–H groups in total. The summed E-state index contributed by atoms with van der Waals surface area (Å²) in [6, 6.07) is 0. The van der Waals surface area contributed by atoms with Crippen molar-refractivity contribution in [1.82, 2.24) is 9.78 Å². The lowest BCUT2D eigenvalue weighted by Crippen LogP contribution is -2.04. The van der Waals surface area contributed by atoms with E-state index in [0.717, 1.165) is 37.1 Å². The van der Waals surface area contributed by atoms with Gasteiger partial charge in [-0.3, -0.25) is 9.48 Å². The van der Waals surface area contributed by atoms with E-state index in [4.69, 9.17) is 0 Å². The van der Waals surface area contributed by atoms with Crippen molar-refractivity contribution in [3.05, 3.63) is 17.5 Å². The van der Waals surface area contributed by atoms with Crippen LogP contribution in [0.4, 0.5) is 0 Å². The van der Waals surface area contributed by atoms with Crippen molar-refractivity contribution >= 4 is 5.78 Å². The Morgan fingerprint density at radius 1 is 1.46 bits per heavy atom. The summed E-state index contributed by atoms with van der Waals surface area (Å²) in [6.07, 6.45) is 5.57. The number of hydrogen-bond acceptors (Lipinski definition) is 2. The first-order valence-electron chi connectivity index (χ1n) is 4.91. The maximum Gasteiger partial charge on any atom is 0.166 e. The summed E-state index contributed by atoms with van der Waals surface area (Å²) < 4.78 is 1.94. The Bertz CT molecular complexity index is 328. The molecule has 0 radical (unpaired) electrons. The highest BCUT2D eigenvalue weighted by atomic mass is 16.1. The van der Waals surface area contributed by atoms with Gasteiger partial charge in [0.25, 0.3) is 0 Å². The molecule has 0 aliphatic heterocycles. The van der Waals surface area contributed by atoms with Crippen LogP contribution in [0.5, 0.6) is 0 Å². The van der Waals surface area contributed by atoms with Crippen molar-refractivity contribution in [2.75, 3.05) is 0 Å². The van der Waals surface area contributed by atoms with E-state index in [2.05, 4.69) is 12.0 Å². The maximum absolute atomic E-state index is 11.6. The largest absolute Gasteiger partial charge is 0.294 e. The minimum Gasteiger partial charge on any atom is -0.294 e. The van der Waals surface area contributed by atoms with Gasteiger partial charge in [-0.15, -0.1) is 0 Å². The molecule has 0 atom stereocenters. The van der Waals surface area contributed by atoms with Crippen LogP contribution >= 0.6 is 0 Å². The molecule has 1 aromatic heterocycles. The highest BCUT2D eigenvalue weighted by Gasteiger charge is 2.19. The van der Waals surface area contributed by atoms with Gasteiger partial charge in [-0.05, 0) is 26.2 Å². The van der Waals surface area contributed by atoms with E-state index in [-0.39, 0.29) is 5.78 Å². The van der Waals surface area contributed by atoms with Crippen LogP contribution < -0.4 is 0 Å². The lowest BCUT2D eigenvalue weighted by Gasteiger charge is -2.02. The average Bonchev–Trinajstić information content (AvgIpc) is 2.47. The number of carbonyl (C=O) groups is 1. The summed E-state index contributed by atoms with van der Waals surface area (Å²) in [4.78, 5) is 11.6. The van der Waals surface area contributed by atoms with E-state index < -0.39 is 0 Å². The van der Waals surface area contributed by atoms with Gasteiger partial charge in [0.15, 0.2) is 5.78 Å². The molecule has 0 amide bonds. The van der Waals surface area contributed by atoms with Crippen LogP contribution in [0.3, 0.4) is 0 Å². The summed E-state index contributed by atoms with van der Waals surface area (Å²) in [5.41, 5.74) is 2.00. The van der Waals surface area contributed by atoms with Crippen molar-refractivity contribution in [2.45, 2.75) is 39.2 Å². The third-order valence-electron chi connectivity index (χ3n) is 2.62. The first-order chi connectivity index (χ1) is 6.33. The molecular formula is C10H14N2O. The number of aromatic nitrogens is 2. The summed E-state index contributed by atoms with van der Waals surface area (Å²) in [5.74, 6) is 0.271. The molecule has 70 valence electrons. The van der Waals surface area contributed by atoms with Gasteiger partial charge >= 0.3 is 0 Å². The number of aryl methyl sites for hydroxylation is 1. The summed E-state index contributed by atoms with van der Waals surface area (Å²) in [7, 11) is 0. The van der Waals surface area contributed by atoms with Crippen molar-refractivity contribution in [3.63, 3.8) is 0 Å². The molecule has 0 saturated carbocycles. The standard InChI is InChI=1S/C10H14N2O/c1-2-12-9-5-3-4-6-10(13)8(9)7-11-12/h7H,2-6H2,1H3. The Morgan fingerprint density at radius 2 is 2.23 bits per heavy atom. The normalized spacial score (nSPS) is 16.8. The highest BCUT2D eigenvalue weighted by molar-refractivity contribution is 5.97. The molecule has 0 unspecified atom stereocenters. The minimum absolute atomic E-state index is 0.271. The number of rotatable bonds is 1. The predicted octanol–water partition coefficient (Wildman–Crippen LogP) is 1.81. The van der Waals surface area contributed by atoms with Crippen molar-refractivity contribution in [3.8, 4) is 0 Å². The summed E-state index contributed by atoms with van der Waals surface area (Å²) in [5, 5.41) is 4.20. The Morgan fingerprint density at radius 3 is 3.00 bits per heavy atom. The van der Waals surface area contributed by atoms with Crippen molar-refractivity contribution < 1.29 is 4.79 Å². The molecular weight excluding hydrogens is 164 g/mol. The molecule has 0 saturated heterocycles. The van der Waals surface area contributed by atoms with Gasteiger partial charge in [0.05, 0.1) is 11.8 Å². The second-order valence-corrected chi connectivity index (χ2v) is 3.45. The third kappa shape index (κ3) is 1.39. The Hall–Kier alpha value is -1.12. The van der Waals surface area contributed by atoms with Crippen LogP contribution in [-0.2, 0) is 13.0 Å². The molecule has 1 aromatic rings. The number of nitrogens with zero attached hydrogens (tertiary/aromatic N) is 2. The summed E-state index contributed by atoms with van der Waals surface area (Å²) in [6.45, 7) is 2.92. The van der Waals surface area contributed by atoms with Crippen LogP contribution in [0.2, 0.25) is 0 Å². The molecule has 3 nitrogen and oxygen atoms in total. The number of carbonyl (C=O) groups excluding carboxylic acids is 1. The van der Waals surface area contributed by atoms with Crippen LogP contribution in [-0.4, -0.2) is 15.6 Å². The van der Waals surface area contributed by atoms with Crippen LogP contribution in [0.25, 0.3) is 0 Å². The molecule has 3 heteroatoms. The number of fused-ring (bicyclic) bond motifs is 1. The molecule has 1 heterocycles. The second kappa shape index (κ2) is 3.32. The first-order valence-corrected chi connectivity index (χ1v) is 4.91. The quantitative estimate of drug-likeness (QED) is 0.615. The maximum atomic E-state index is 11.6. The zero-order valence-electron chi connectivity index (χ0n) is 7.92. The Labute approximate surface area is 77.7 Å². The molecule has 1 aliphatic carbocycles. The fourth-order valence-corrected chi connectivity index (χ4v) is 1.89. The van der Waals surface area contributed by atoms with Gasteiger partial charge in [-0.25, -0.2) is 0 Å². The number of hydrogen-bond donors (Lipinski definition) is 0. The molecule has 2 rings (SSSR count). The minimum atomic E-state index is 0.271. The van der Waals surface area contributed by atoms with E-state index in [1.54, 1.807) is 6.20 Å². The fourth-order valence-electron chi connectivity index (χ4n) is 1.89. The Kier molecular flexibility index (Phi) is 2.17. The van der Waals surface area contributed by atoms with Crippen molar-refractivity contribution in [1.29, 1.82) is 0 Å². The fraction of sp³-hybridized carbons (Fsp3) is 0.600. The molecule has 0 aromatic carbocycles. The molecule has 0 bridgehead atoms. The second-order valence-electron chi connectivity index (χ2n) is 3.45. The van der Waals surface area contributed by atoms with Gasteiger partial charge in [0.1, 0.15) is 0 Å². The average molecular weight is 178 g/mol. The molecule has 13 heavy (non-hydrogen) atoms. The van der Waals surface area contributed by atoms with E-state index in [1.807, 2.05) is 4.68 Å². The zero-order valence-corrected chi connectivity index (χ0v) is 7.92. The van der Waals surface area contributed by atoms with Crippen LogP contribution in [0.15, 0.2) is 6.20 Å². The highest BCUT2D eigenvalue weighted by Crippen LogP contribution is 2.19. The lowest BCUT2D eigenvalue weighted by molar-refractivity contribution is 0.0982. The van der Waals surface area contributed by atoms with Gasteiger partial charge in [-0.1, -0.05) is 0 Å². The molecule has 0 fully saturated rings. The third-order valence-corrected chi connectivity index (χ3v) is 2.62. The number of ketones is 1. The van der Waals surface area contributed by atoms with Crippen LogP contribution in [0, 0.1) is 0 Å². The van der Waals surface area contributed by atoms with Gasteiger partial charge < -0.3 is 0 Å². The van der Waals surface area contributed by atoms with Gasteiger partial charge in [0, 0.05) is 18.7 Å². The van der Waals surface area contributed by atoms with Crippen LogP contribution in [0.1, 0.15) is 42.2 Å². The smallest absolute Gasteiger partial charge is 0.166 e. The SMILES string of the molecule is CCn1ncc2c1CCCCC2=O. The van der Waals surface area contributed by atoms with Gasteiger partial charge in [-0.2, -0.15) is 5.10 Å².